The van der Waals surface area contributed by atoms with Crippen molar-refractivity contribution in [2.24, 2.45) is 5.92 Å². The number of hydrogen-bond acceptors (Lipinski definition) is 3. The SMILES string of the molecule is CCOc1ccccc1C1OCCC1C(=O)O. The van der Waals surface area contributed by atoms with Gasteiger partial charge < -0.3 is 14.6 Å². The van der Waals surface area contributed by atoms with Gasteiger partial charge in [0, 0.05) is 12.2 Å². The fourth-order valence-electron chi connectivity index (χ4n) is 2.15. The third kappa shape index (κ3) is 2.42. The second-order valence-electron chi connectivity index (χ2n) is 4.00. The van der Waals surface area contributed by atoms with E-state index in [2.05, 4.69) is 0 Å². The standard InChI is InChI=1S/C13H16O4/c1-2-16-11-6-4-3-5-9(11)12-10(13(14)15)7-8-17-12/h3-6,10,12H,2,7-8H2,1H3,(H,14,15). The molecular formula is C13H16O4. The van der Waals surface area contributed by atoms with Gasteiger partial charge in [-0.15, -0.1) is 0 Å². The van der Waals surface area contributed by atoms with Gasteiger partial charge in [-0.3, -0.25) is 4.79 Å². The predicted octanol–water partition coefficient (Wildman–Crippen LogP) is 2.25. The Labute approximate surface area is 100 Å². The smallest absolute Gasteiger partial charge is 0.309 e. The van der Waals surface area contributed by atoms with E-state index in [1.807, 2.05) is 31.2 Å². The van der Waals surface area contributed by atoms with Gasteiger partial charge in [-0.05, 0) is 19.4 Å². The summed E-state index contributed by atoms with van der Waals surface area (Å²) in [5, 5.41) is 9.14. The lowest BCUT2D eigenvalue weighted by Crippen LogP contribution is -2.18. The van der Waals surface area contributed by atoms with Gasteiger partial charge in [0.25, 0.3) is 0 Å². The Balaban J connectivity index is 2.29. The van der Waals surface area contributed by atoms with Crippen molar-refractivity contribution in [2.75, 3.05) is 13.2 Å². The van der Waals surface area contributed by atoms with Gasteiger partial charge in [0.05, 0.1) is 18.6 Å². The number of carbonyl (C=O) groups is 1. The van der Waals surface area contributed by atoms with E-state index in [0.717, 1.165) is 5.56 Å². The van der Waals surface area contributed by atoms with Crippen molar-refractivity contribution in [3.8, 4) is 5.75 Å². The van der Waals surface area contributed by atoms with Crippen molar-refractivity contribution >= 4 is 5.97 Å². The molecule has 1 aromatic rings. The molecule has 4 heteroatoms. The van der Waals surface area contributed by atoms with E-state index in [-0.39, 0.29) is 0 Å². The third-order valence-corrected chi connectivity index (χ3v) is 2.93. The number of para-hydroxylation sites is 1. The molecule has 2 rings (SSSR count). The van der Waals surface area contributed by atoms with E-state index in [9.17, 15) is 4.79 Å². The van der Waals surface area contributed by atoms with Crippen LogP contribution in [0.15, 0.2) is 24.3 Å². The summed E-state index contributed by atoms with van der Waals surface area (Å²) in [7, 11) is 0. The summed E-state index contributed by atoms with van der Waals surface area (Å²) in [5.41, 5.74) is 0.833. The number of ether oxygens (including phenoxy) is 2. The van der Waals surface area contributed by atoms with Crippen LogP contribution in [0.25, 0.3) is 0 Å². The number of rotatable bonds is 4. The van der Waals surface area contributed by atoms with E-state index in [1.54, 1.807) is 0 Å². The van der Waals surface area contributed by atoms with Gasteiger partial charge in [0.2, 0.25) is 0 Å². The second-order valence-corrected chi connectivity index (χ2v) is 4.00. The number of benzene rings is 1. The summed E-state index contributed by atoms with van der Waals surface area (Å²) in [6.07, 6.45) is 0.163. The van der Waals surface area contributed by atoms with Crippen molar-refractivity contribution in [1.29, 1.82) is 0 Å². The van der Waals surface area contributed by atoms with E-state index in [1.165, 1.54) is 0 Å². The molecule has 1 aromatic carbocycles. The molecule has 0 aromatic heterocycles. The zero-order valence-electron chi connectivity index (χ0n) is 9.76. The summed E-state index contributed by atoms with van der Waals surface area (Å²) < 4.78 is 11.0. The van der Waals surface area contributed by atoms with E-state index >= 15 is 0 Å². The zero-order chi connectivity index (χ0) is 12.3. The maximum atomic E-state index is 11.1. The molecule has 1 aliphatic heterocycles. The molecule has 0 amide bonds. The molecule has 0 radical (unpaired) electrons. The fourth-order valence-corrected chi connectivity index (χ4v) is 2.15. The third-order valence-electron chi connectivity index (χ3n) is 2.93. The number of hydrogen-bond donors (Lipinski definition) is 1. The lowest BCUT2D eigenvalue weighted by Gasteiger charge is -2.18. The van der Waals surface area contributed by atoms with Crippen LogP contribution in [0.3, 0.4) is 0 Å². The minimum Gasteiger partial charge on any atom is -0.493 e. The molecule has 0 bridgehead atoms. The molecule has 1 heterocycles. The van der Waals surface area contributed by atoms with Crippen molar-refractivity contribution in [3.63, 3.8) is 0 Å². The molecule has 2 atom stereocenters. The Bertz CT molecular complexity index is 402. The lowest BCUT2D eigenvalue weighted by molar-refractivity contribution is -0.143. The van der Waals surface area contributed by atoms with Crippen molar-refractivity contribution in [2.45, 2.75) is 19.4 Å². The Morgan fingerprint density at radius 3 is 3.00 bits per heavy atom. The maximum Gasteiger partial charge on any atom is 0.309 e. The quantitative estimate of drug-likeness (QED) is 0.871. The maximum absolute atomic E-state index is 11.1. The van der Waals surface area contributed by atoms with Crippen molar-refractivity contribution in [1.82, 2.24) is 0 Å². The Morgan fingerprint density at radius 2 is 2.29 bits per heavy atom. The van der Waals surface area contributed by atoms with Crippen LogP contribution >= 0.6 is 0 Å². The van der Waals surface area contributed by atoms with Crippen LogP contribution in [-0.4, -0.2) is 24.3 Å². The number of aliphatic carboxylic acids is 1. The molecule has 1 fully saturated rings. The minimum atomic E-state index is -0.807. The first kappa shape index (κ1) is 11.9. The van der Waals surface area contributed by atoms with Crippen molar-refractivity contribution < 1.29 is 19.4 Å². The molecule has 0 spiro atoms. The first-order valence-corrected chi connectivity index (χ1v) is 5.80. The first-order valence-electron chi connectivity index (χ1n) is 5.80. The zero-order valence-corrected chi connectivity index (χ0v) is 9.76. The predicted molar refractivity (Wildman–Crippen MR) is 62.0 cm³/mol. The average molecular weight is 236 g/mol. The average Bonchev–Trinajstić information content (AvgIpc) is 2.79. The van der Waals surface area contributed by atoms with Crippen LogP contribution in [0.1, 0.15) is 25.0 Å². The lowest BCUT2D eigenvalue weighted by atomic mass is 9.95. The van der Waals surface area contributed by atoms with Gasteiger partial charge in [-0.2, -0.15) is 0 Å². The van der Waals surface area contributed by atoms with Gasteiger partial charge in [-0.25, -0.2) is 0 Å². The normalized spacial score (nSPS) is 23.6. The summed E-state index contributed by atoms with van der Waals surface area (Å²) >= 11 is 0. The highest BCUT2D eigenvalue weighted by Crippen LogP contribution is 2.38. The number of carboxylic acid groups (broad SMARTS) is 1. The molecule has 0 saturated carbocycles. The highest BCUT2D eigenvalue weighted by atomic mass is 16.5. The molecule has 4 nitrogen and oxygen atoms in total. The first-order chi connectivity index (χ1) is 8.24. The van der Waals surface area contributed by atoms with Crippen LogP contribution in [0.5, 0.6) is 5.75 Å². The largest absolute Gasteiger partial charge is 0.493 e. The summed E-state index contributed by atoms with van der Waals surface area (Å²) in [5.74, 6) is -0.566. The highest BCUT2D eigenvalue weighted by Gasteiger charge is 2.36. The van der Waals surface area contributed by atoms with Gasteiger partial charge in [-0.1, -0.05) is 18.2 Å². The van der Waals surface area contributed by atoms with Gasteiger partial charge in [0.1, 0.15) is 5.75 Å². The summed E-state index contributed by atoms with van der Waals surface area (Å²) in [6, 6.07) is 7.47. The molecule has 0 aliphatic carbocycles. The van der Waals surface area contributed by atoms with Crippen LogP contribution < -0.4 is 4.74 Å². The van der Waals surface area contributed by atoms with Gasteiger partial charge in [0.15, 0.2) is 0 Å². The monoisotopic (exact) mass is 236 g/mol. The molecular weight excluding hydrogens is 220 g/mol. The molecule has 1 aliphatic rings. The highest BCUT2D eigenvalue weighted by molar-refractivity contribution is 5.71. The second kappa shape index (κ2) is 5.19. The van der Waals surface area contributed by atoms with E-state index < -0.39 is 18.0 Å². The Morgan fingerprint density at radius 1 is 1.53 bits per heavy atom. The van der Waals surface area contributed by atoms with Crippen LogP contribution in [0.4, 0.5) is 0 Å². The minimum absolute atomic E-state index is 0.393. The molecule has 1 saturated heterocycles. The topological polar surface area (TPSA) is 55.8 Å². The Kier molecular flexibility index (Phi) is 3.64. The van der Waals surface area contributed by atoms with E-state index in [4.69, 9.17) is 14.6 Å². The van der Waals surface area contributed by atoms with E-state index in [0.29, 0.717) is 25.4 Å². The molecule has 17 heavy (non-hydrogen) atoms. The van der Waals surface area contributed by atoms with Gasteiger partial charge >= 0.3 is 5.97 Å². The molecule has 2 unspecified atom stereocenters. The summed E-state index contributed by atoms with van der Waals surface area (Å²) in [6.45, 7) is 2.95. The summed E-state index contributed by atoms with van der Waals surface area (Å²) in [4.78, 5) is 11.1. The van der Waals surface area contributed by atoms with Crippen molar-refractivity contribution in [3.05, 3.63) is 29.8 Å². The van der Waals surface area contributed by atoms with Crippen LogP contribution in [0.2, 0.25) is 0 Å². The molecule has 92 valence electrons. The van der Waals surface area contributed by atoms with Crippen LogP contribution in [-0.2, 0) is 9.53 Å². The van der Waals surface area contributed by atoms with Crippen LogP contribution in [0, 0.1) is 5.92 Å². The fraction of sp³-hybridized carbons (Fsp3) is 0.462. The molecule has 1 N–H and O–H groups in total. The Hall–Kier alpha value is -1.55. The number of carboxylic acids is 1.